The molecule has 3 atom stereocenters. The third kappa shape index (κ3) is 4.20. The van der Waals surface area contributed by atoms with Gasteiger partial charge in [-0.1, -0.05) is 60.2 Å². The number of carbonyl (C=O) groups excluding carboxylic acids is 1. The van der Waals surface area contributed by atoms with Crippen LogP contribution in [-0.2, 0) is 9.59 Å². The number of aliphatic hydroxyl groups excluding tert-OH is 1. The smallest absolute Gasteiger partial charge is 0.308 e. The minimum absolute atomic E-state index is 0.459. The van der Waals surface area contributed by atoms with Crippen LogP contribution in [0.5, 0.6) is 0 Å². The monoisotopic (exact) mass is 327 g/mol. The SMILES string of the molecule is Cc1ccc([C@@H](NC(=O)[C@@H](O)c2ccccc2)[C@@H](C)C(=O)O)cc1. The molecule has 0 spiro atoms. The largest absolute Gasteiger partial charge is 0.481 e. The van der Waals surface area contributed by atoms with Crippen LogP contribution < -0.4 is 5.32 Å². The molecule has 0 saturated carbocycles. The van der Waals surface area contributed by atoms with Gasteiger partial charge in [0.25, 0.3) is 5.91 Å². The van der Waals surface area contributed by atoms with Gasteiger partial charge in [0.15, 0.2) is 6.10 Å². The predicted octanol–water partition coefficient (Wildman–Crippen LogP) is 2.61. The van der Waals surface area contributed by atoms with Crippen LogP contribution in [-0.4, -0.2) is 22.1 Å². The fraction of sp³-hybridized carbons (Fsp3) is 0.263. The number of carboxylic acids is 1. The van der Waals surface area contributed by atoms with Gasteiger partial charge in [0.2, 0.25) is 0 Å². The maximum Gasteiger partial charge on any atom is 0.308 e. The van der Waals surface area contributed by atoms with Gasteiger partial charge in [0, 0.05) is 0 Å². The molecule has 0 bridgehead atoms. The molecule has 0 aliphatic heterocycles. The van der Waals surface area contributed by atoms with Gasteiger partial charge in [-0.15, -0.1) is 0 Å². The number of nitrogens with one attached hydrogen (secondary N) is 1. The molecule has 5 heteroatoms. The van der Waals surface area contributed by atoms with Crippen LogP contribution in [0.1, 0.15) is 35.8 Å². The van der Waals surface area contributed by atoms with Gasteiger partial charge in [0.05, 0.1) is 12.0 Å². The van der Waals surface area contributed by atoms with Crippen molar-refractivity contribution in [1.29, 1.82) is 0 Å². The second-order valence-corrected chi connectivity index (χ2v) is 5.84. The molecule has 0 aromatic heterocycles. The van der Waals surface area contributed by atoms with E-state index in [1.54, 1.807) is 42.5 Å². The number of carbonyl (C=O) groups is 2. The molecule has 3 N–H and O–H groups in total. The van der Waals surface area contributed by atoms with Gasteiger partial charge >= 0.3 is 5.97 Å². The van der Waals surface area contributed by atoms with E-state index in [1.165, 1.54) is 6.92 Å². The molecule has 0 saturated heterocycles. The Morgan fingerprint density at radius 3 is 2.08 bits per heavy atom. The minimum atomic E-state index is -1.35. The van der Waals surface area contributed by atoms with E-state index >= 15 is 0 Å². The van der Waals surface area contributed by atoms with Crippen LogP contribution in [0.25, 0.3) is 0 Å². The maximum atomic E-state index is 12.4. The summed E-state index contributed by atoms with van der Waals surface area (Å²) in [5.74, 6) is -2.48. The first-order valence-electron chi connectivity index (χ1n) is 7.73. The second kappa shape index (κ2) is 7.75. The van der Waals surface area contributed by atoms with E-state index in [0.29, 0.717) is 11.1 Å². The van der Waals surface area contributed by atoms with Gasteiger partial charge in [-0.25, -0.2) is 0 Å². The molecule has 24 heavy (non-hydrogen) atoms. The fourth-order valence-electron chi connectivity index (χ4n) is 2.43. The number of aliphatic carboxylic acids is 1. The van der Waals surface area contributed by atoms with Gasteiger partial charge in [-0.3, -0.25) is 9.59 Å². The third-order valence-corrected chi connectivity index (χ3v) is 3.99. The highest BCUT2D eigenvalue weighted by Crippen LogP contribution is 2.24. The van der Waals surface area contributed by atoms with Gasteiger partial charge in [-0.05, 0) is 25.0 Å². The van der Waals surface area contributed by atoms with Crippen LogP contribution in [0.4, 0.5) is 0 Å². The number of amides is 1. The summed E-state index contributed by atoms with van der Waals surface area (Å²) < 4.78 is 0. The molecule has 0 heterocycles. The Bertz CT molecular complexity index is 697. The first-order valence-corrected chi connectivity index (χ1v) is 7.73. The van der Waals surface area contributed by atoms with Crippen molar-refractivity contribution in [3.8, 4) is 0 Å². The summed E-state index contributed by atoms with van der Waals surface area (Å²) in [6.07, 6.45) is -1.35. The summed E-state index contributed by atoms with van der Waals surface area (Å²) in [5, 5.41) is 22.2. The molecular formula is C19H21NO4. The molecule has 2 rings (SSSR count). The summed E-state index contributed by atoms with van der Waals surface area (Å²) in [6.45, 7) is 3.46. The average molecular weight is 327 g/mol. The topological polar surface area (TPSA) is 86.6 Å². The molecule has 0 unspecified atom stereocenters. The first-order chi connectivity index (χ1) is 11.4. The number of rotatable bonds is 6. The predicted molar refractivity (Wildman–Crippen MR) is 90.3 cm³/mol. The number of hydrogen-bond acceptors (Lipinski definition) is 3. The summed E-state index contributed by atoms with van der Waals surface area (Å²) in [4.78, 5) is 23.8. The Labute approximate surface area is 141 Å². The van der Waals surface area contributed by atoms with Crippen LogP contribution in [0.2, 0.25) is 0 Å². The van der Waals surface area contributed by atoms with Crippen molar-refractivity contribution in [2.75, 3.05) is 0 Å². The molecule has 0 aliphatic carbocycles. The molecule has 0 radical (unpaired) electrons. The van der Waals surface area contributed by atoms with Crippen LogP contribution in [0.3, 0.4) is 0 Å². The Hall–Kier alpha value is -2.66. The number of aryl methyl sites for hydroxylation is 1. The third-order valence-electron chi connectivity index (χ3n) is 3.99. The lowest BCUT2D eigenvalue weighted by atomic mass is 9.93. The first kappa shape index (κ1) is 17.7. The zero-order chi connectivity index (χ0) is 17.7. The molecule has 2 aromatic rings. The number of aliphatic hydroxyl groups is 1. The lowest BCUT2D eigenvalue weighted by Gasteiger charge is -2.24. The van der Waals surface area contributed by atoms with Crippen molar-refractivity contribution in [3.05, 3.63) is 71.3 Å². The fourth-order valence-corrected chi connectivity index (χ4v) is 2.43. The molecular weight excluding hydrogens is 306 g/mol. The highest BCUT2D eigenvalue weighted by atomic mass is 16.4. The molecule has 1 amide bonds. The number of benzene rings is 2. The quantitative estimate of drug-likeness (QED) is 0.761. The molecule has 0 fully saturated rings. The van der Waals surface area contributed by atoms with Gasteiger partial charge in [0.1, 0.15) is 0 Å². The number of hydrogen-bond donors (Lipinski definition) is 3. The maximum absolute atomic E-state index is 12.4. The summed E-state index contributed by atoms with van der Waals surface area (Å²) in [5.41, 5.74) is 2.18. The van der Waals surface area contributed by atoms with E-state index in [-0.39, 0.29) is 0 Å². The van der Waals surface area contributed by atoms with E-state index in [9.17, 15) is 19.8 Å². The molecule has 126 valence electrons. The average Bonchev–Trinajstić information content (AvgIpc) is 2.59. The van der Waals surface area contributed by atoms with E-state index in [1.807, 2.05) is 19.1 Å². The Kier molecular flexibility index (Phi) is 5.71. The van der Waals surface area contributed by atoms with Crippen molar-refractivity contribution in [2.24, 2.45) is 5.92 Å². The van der Waals surface area contributed by atoms with E-state index in [2.05, 4.69) is 5.32 Å². The van der Waals surface area contributed by atoms with Crippen molar-refractivity contribution >= 4 is 11.9 Å². The minimum Gasteiger partial charge on any atom is -0.481 e. The van der Waals surface area contributed by atoms with Crippen molar-refractivity contribution in [3.63, 3.8) is 0 Å². The Morgan fingerprint density at radius 2 is 1.54 bits per heavy atom. The second-order valence-electron chi connectivity index (χ2n) is 5.84. The summed E-state index contributed by atoms with van der Waals surface area (Å²) in [6, 6.07) is 15.1. The summed E-state index contributed by atoms with van der Waals surface area (Å²) in [7, 11) is 0. The van der Waals surface area contributed by atoms with E-state index in [0.717, 1.165) is 5.56 Å². The van der Waals surface area contributed by atoms with Crippen molar-refractivity contribution < 1.29 is 19.8 Å². The zero-order valence-corrected chi connectivity index (χ0v) is 13.6. The van der Waals surface area contributed by atoms with Crippen LogP contribution in [0.15, 0.2) is 54.6 Å². The van der Waals surface area contributed by atoms with E-state index < -0.39 is 29.9 Å². The lowest BCUT2D eigenvalue weighted by molar-refractivity contribution is -0.143. The van der Waals surface area contributed by atoms with Crippen molar-refractivity contribution in [2.45, 2.75) is 26.0 Å². The Morgan fingerprint density at radius 1 is 0.958 bits per heavy atom. The Balaban J connectivity index is 2.23. The molecule has 5 nitrogen and oxygen atoms in total. The zero-order valence-electron chi connectivity index (χ0n) is 13.6. The van der Waals surface area contributed by atoms with Crippen LogP contribution in [0, 0.1) is 12.8 Å². The highest BCUT2D eigenvalue weighted by molar-refractivity contribution is 5.83. The molecule has 2 aromatic carbocycles. The number of carboxylic acid groups (broad SMARTS) is 1. The normalized spacial score (nSPS) is 14.5. The van der Waals surface area contributed by atoms with Gasteiger partial charge < -0.3 is 15.5 Å². The summed E-state index contributed by atoms with van der Waals surface area (Å²) >= 11 is 0. The van der Waals surface area contributed by atoms with Crippen molar-refractivity contribution in [1.82, 2.24) is 5.32 Å². The van der Waals surface area contributed by atoms with E-state index in [4.69, 9.17) is 0 Å². The lowest BCUT2D eigenvalue weighted by Crippen LogP contribution is -2.38. The standard InChI is InChI=1S/C19H21NO4/c1-12-8-10-14(11-9-12)16(13(2)19(23)24)20-18(22)17(21)15-6-4-3-5-7-15/h3-11,13,16-17,21H,1-2H3,(H,20,22)(H,23,24)/t13-,16+,17+/m1/s1. The van der Waals surface area contributed by atoms with Gasteiger partial charge in [-0.2, -0.15) is 0 Å². The highest BCUT2D eigenvalue weighted by Gasteiger charge is 2.29. The molecule has 0 aliphatic rings. The van der Waals surface area contributed by atoms with Crippen LogP contribution >= 0.6 is 0 Å².